The minimum atomic E-state index is 0.0394. The van der Waals surface area contributed by atoms with Crippen molar-refractivity contribution in [3.05, 3.63) is 0 Å². The summed E-state index contributed by atoms with van der Waals surface area (Å²) in [7, 11) is 0. The van der Waals surface area contributed by atoms with Gasteiger partial charge in [-0.15, -0.1) is 0 Å². The molecule has 0 aromatic heterocycles. The highest BCUT2D eigenvalue weighted by Crippen LogP contribution is 2.34. The average molecular weight is 196 g/mol. The average Bonchev–Trinajstić information content (AvgIpc) is 2.17. The van der Waals surface area contributed by atoms with Crippen molar-refractivity contribution in [3.63, 3.8) is 0 Å². The van der Waals surface area contributed by atoms with Crippen LogP contribution in [0.3, 0.4) is 0 Å². The molecule has 1 aliphatic heterocycles. The van der Waals surface area contributed by atoms with E-state index in [1.54, 1.807) is 0 Å². The van der Waals surface area contributed by atoms with Gasteiger partial charge in [-0.3, -0.25) is 4.79 Å². The summed E-state index contributed by atoms with van der Waals surface area (Å²) < 4.78 is 5.17. The van der Waals surface area contributed by atoms with E-state index >= 15 is 0 Å². The van der Waals surface area contributed by atoms with Crippen LogP contribution in [0.5, 0.6) is 0 Å². The van der Waals surface area contributed by atoms with Crippen molar-refractivity contribution >= 4 is 5.97 Å². The molecule has 2 unspecified atom stereocenters. The predicted octanol–water partition coefficient (Wildman–Crippen LogP) is 2.91. The van der Waals surface area contributed by atoms with Gasteiger partial charge in [0.05, 0.1) is 6.61 Å². The number of hydrogen-bond donors (Lipinski definition) is 0. The Hall–Kier alpha value is -0.530. The Morgan fingerprint density at radius 1 is 1.00 bits per heavy atom. The Bertz CT molecular complexity index is 200. The van der Waals surface area contributed by atoms with E-state index in [9.17, 15) is 4.79 Å². The SMILES string of the molecule is O=C1CC2CCCC(CCCCO1)C2. The maximum Gasteiger partial charge on any atom is 0.306 e. The Morgan fingerprint density at radius 2 is 1.79 bits per heavy atom. The zero-order valence-corrected chi connectivity index (χ0v) is 8.84. The van der Waals surface area contributed by atoms with Crippen molar-refractivity contribution in [2.75, 3.05) is 6.61 Å². The molecule has 14 heavy (non-hydrogen) atoms. The molecule has 2 fully saturated rings. The molecule has 1 saturated carbocycles. The molecule has 1 aliphatic carbocycles. The summed E-state index contributed by atoms with van der Waals surface area (Å²) in [5, 5.41) is 0. The number of ether oxygens (including phenoxy) is 1. The van der Waals surface area contributed by atoms with E-state index in [0.717, 1.165) is 12.3 Å². The number of rotatable bonds is 0. The fourth-order valence-electron chi connectivity index (χ4n) is 2.87. The van der Waals surface area contributed by atoms with E-state index in [0.29, 0.717) is 18.9 Å². The maximum atomic E-state index is 11.4. The smallest absolute Gasteiger partial charge is 0.306 e. The van der Waals surface area contributed by atoms with Gasteiger partial charge in [0.1, 0.15) is 0 Å². The van der Waals surface area contributed by atoms with Crippen LogP contribution in [-0.4, -0.2) is 12.6 Å². The van der Waals surface area contributed by atoms with Gasteiger partial charge in [-0.2, -0.15) is 0 Å². The molecular weight excluding hydrogens is 176 g/mol. The third-order valence-corrected chi connectivity index (χ3v) is 3.62. The van der Waals surface area contributed by atoms with E-state index in [4.69, 9.17) is 4.74 Å². The van der Waals surface area contributed by atoms with Crippen LogP contribution in [0.25, 0.3) is 0 Å². The molecular formula is C12H20O2. The molecule has 2 rings (SSSR count). The van der Waals surface area contributed by atoms with Crippen molar-refractivity contribution in [2.24, 2.45) is 11.8 Å². The lowest BCUT2D eigenvalue weighted by Gasteiger charge is -2.29. The Kier molecular flexibility index (Phi) is 3.44. The summed E-state index contributed by atoms with van der Waals surface area (Å²) >= 11 is 0. The van der Waals surface area contributed by atoms with Crippen LogP contribution in [0.4, 0.5) is 0 Å². The summed E-state index contributed by atoms with van der Waals surface area (Å²) in [5.74, 6) is 1.57. The van der Waals surface area contributed by atoms with Gasteiger partial charge in [0.25, 0.3) is 0 Å². The zero-order chi connectivity index (χ0) is 9.80. The van der Waals surface area contributed by atoms with Crippen LogP contribution in [0.15, 0.2) is 0 Å². The van der Waals surface area contributed by atoms with Gasteiger partial charge in [-0.05, 0) is 37.5 Å². The monoisotopic (exact) mass is 196 g/mol. The van der Waals surface area contributed by atoms with Gasteiger partial charge in [0.15, 0.2) is 0 Å². The summed E-state index contributed by atoms with van der Waals surface area (Å²) in [4.78, 5) is 11.4. The minimum absolute atomic E-state index is 0.0394. The first-order valence-electron chi connectivity index (χ1n) is 6.00. The lowest BCUT2D eigenvalue weighted by Crippen LogP contribution is -2.21. The van der Waals surface area contributed by atoms with Crippen molar-refractivity contribution in [2.45, 2.75) is 51.4 Å². The number of carbonyl (C=O) groups excluding carboxylic acids is 1. The van der Waals surface area contributed by atoms with E-state index in [-0.39, 0.29) is 5.97 Å². The number of cyclic esters (lactones) is 1. The highest BCUT2D eigenvalue weighted by atomic mass is 16.5. The molecule has 1 heterocycles. The van der Waals surface area contributed by atoms with Crippen LogP contribution >= 0.6 is 0 Å². The quantitative estimate of drug-likeness (QED) is 0.557. The first-order chi connectivity index (χ1) is 6.84. The molecule has 2 heteroatoms. The normalized spacial score (nSPS) is 34.7. The molecule has 0 radical (unpaired) electrons. The van der Waals surface area contributed by atoms with Crippen molar-refractivity contribution in [3.8, 4) is 0 Å². The molecule has 2 nitrogen and oxygen atoms in total. The first kappa shape index (κ1) is 10.0. The molecule has 2 bridgehead atoms. The lowest BCUT2D eigenvalue weighted by atomic mass is 9.77. The standard InChI is InChI=1S/C12H20O2/c13-12-9-11-6-3-5-10(8-11)4-1-2-7-14-12/h10-11H,1-9H2. The molecule has 0 spiro atoms. The van der Waals surface area contributed by atoms with Crippen molar-refractivity contribution in [1.29, 1.82) is 0 Å². The molecule has 2 aliphatic rings. The molecule has 0 aromatic rings. The van der Waals surface area contributed by atoms with E-state index < -0.39 is 0 Å². The summed E-state index contributed by atoms with van der Waals surface area (Å²) in [6.45, 7) is 0.651. The van der Waals surface area contributed by atoms with Crippen LogP contribution in [-0.2, 0) is 9.53 Å². The molecule has 0 N–H and O–H groups in total. The largest absolute Gasteiger partial charge is 0.466 e. The predicted molar refractivity (Wildman–Crippen MR) is 54.9 cm³/mol. The summed E-state index contributed by atoms with van der Waals surface area (Å²) in [6, 6.07) is 0. The van der Waals surface area contributed by atoms with Crippen LogP contribution in [0.1, 0.15) is 51.4 Å². The third kappa shape index (κ3) is 2.73. The highest BCUT2D eigenvalue weighted by molar-refractivity contribution is 5.69. The molecule has 1 saturated heterocycles. The number of fused-ring (bicyclic) bond motifs is 2. The zero-order valence-electron chi connectivity index (χ0n) is 8.84. The highest BCUT2D eigenvalue weighted by Gasteiger charge is 2.24. The molecule has 2 atom stereocenters. The van der Waals surface area contributed by atoms with Crippen LogP contribution in [0.2, 0.25) is 0 Å². The van der Waals surface area contributed by atoms with Crippen molar-refractivity contribution in [1.82, 2.24) is 0 Å². The third-order valence-electron chi connectivity index (χ3n) is 3.62. The topological polar surface area (TPSA) is 26.3 Å². The van der Waals surface area contributed by atoms with Crippen molar-refractivity contribution < 1.29 is 9.53 Å². The molecule has 0 aromatic carbocycles. The second kappa shape index (κ2) is 4.81. The Morgan fingerprint density at radius 3 is 2.71 bits per heavy atom. The fourth-order valence-corrected chi connectivity index (χ4v) is 2.87. The molecule has 0 amide bonds. The van der Waals surface area contributed by atoms with Gasteiger partial charge in [0.2, 0.25) is 0 Å². The van der Waals surface area contributed by atoms with Gasteiger partial charge in [-0.25, -0.2) is 0 Å². The number of esters is 1. The Labute approximate surface area is 86.0 Å². The summed E-state index contributed by atoms with van der Waals surface area (Å²) in [5.41, 5.74) is 0. The number of carbonyl (C=O) groups is 1. The van der Waals surface area contributed by atoms with Crippen LogP contribution < -0.4 is 0 Å². The van der Waals surface area contributed by atoms with E-state index in [1.807, 2.05) is 0 Å². The minimum Gasteiger partial charge on any atom is -0.466 e. The molecule has 80 valence electrons. The van der Waals surface area contributed by atoms with Gasteiger partial charge in [0, 0.05) is 6.42 Å². The lowest BCUT2D eigenvalue weighted by molar-refractivity contribution is -0.145. The van der Waals surface area contributed by atoms with Gasteiger partial charge in [-0.1, -0.05) is 19.3 Å². The second-order valence-electron chi connectivity index (χ2n) is 4.82. The fraction of sp³-hybridized carbons (Fsp3) is 0.917. The van der Waals surface area contributed by atoms with E-state index in [1.165, 1.54) is 38.5 Å². The maximum absolute atomic E-state index is 11.4. The first-order valence-corrected chi connectivity index (χ1v) is 6.00. The van der Waals surface area contributed by atoms with E-state index in [2.05, 4.69) is 0 Å². The van der Waals surface area contributed by atoms with Crippen LogP contribution in [0, 0.1) is 11.8 Å². The Balaban J connectivity index is 1.92. The number of hydrogen-bond acceptors (Lipinski definition) is 2. The van der Waals surface area contributed by atoms with Gasteiger partial charge < -0.3 is 4.74 Å². The second-order valence-corrected chi connectivity index (χ2v) is 4.82. The summed E-state index contributed by atoms with van der Waals surface area (Å²) in [6.07, 6.45) is 9.57. The van der Waals surface area contributed by atoms with Gasteiger partial charge >= 0.3 is 5.97 Å².